The SMILES string of the molecule is C=C1OCc2c(cc3n(c2=O)Cc2cc4c(OC)cccc4nc2-3)[C@@]1(O)CC. The predicted octanol–water partition coefficient (Wildman–Crippen LogP) is 3.08. The van der Waals surface area contributed by atoms with E-state index in [4.69, 9.17) is 14.5 Å². The van der Waals surface area contributed by atoms with Gasteiger partial charge in [-0.1, -0.05) is 19.6 Å². The first-order valence-corrected chi connectivity index (χ1v) is 9.26. The van der Waals surface area contributed by atoms with E-state index >= 15 is 0 Å². The van der Waals surface area contributed by atoms with Gasteiger partial charge in [-0.2, -0.15) is 0 Å². The molecule has 142 valence electrons. The van der Waals surface area contributed by atoms with Crippen molar-refractivity contribution in [3.05, 3.63) is 69.7 Å². The second kappa shape index (κ2) is 5.69. The van der Waals surface area contributed by atoms with Crippen LogP contribution >= 0.6 is 0 Å². The number of rotatable bonds is 2. The normalized spacial score (nSPS) is 19.8. The second-order valence-electron chi connectivity index (χ2n) is 7.26. The van der Waals surface area contributed by atoms with Gasteiger partial charge < -0.3 is 19.1 Å². The molecule has 1 N–H and O–H groups in total. The molecule has 0 amide bonds. The van der Waals surface area contributed by atoms with Crippen molar-refractivity contribution in [2.75, 3.05) is 7.11 Å². The van der Waals surface area contributed by atoms with E-state index < -0.39 is 5.60 Å². The molecule has 0 spiro atoms. The number of aromatic nitrogens is 2. The van der Waals surface area contributed by atoms with Crippen molar-refractivity contribution < 1.29 is 14.6 Å². The fraction of sp³-hybridized carbons (Fsp3) is 0.273. The fourth-order valence-electron chi connectivity index (χ4n) is 4.27. The molecule has 5 rings (SSSR count). The zero-order valence-electron chi connectivity index (χ0n) is 15.8. The molecule has 6 nitrogen and oxygen atoms in total. The summed E-state index contributed by atoms with van der Waals surface area (Å²) in [5.41, 5.74) is 2.76. The molecule has 2 aromatic heterocycles. The summed E-state index contributed by atoms with van der Waals surface area (Å²) in [5.74, 6) is 1.03. The molecule has 3 aromatic rings. The van der Waals surface area contributed by atoms with E-state index in [1.54, 1.807) is 11.7 Å². The number of ether oxygens (including phenoxy) is 2. The van der Waals surface area contributed by atoms with Gasteiger partial charge in [0.15, 0.2) is 0 Å². The molecule has 1 atom stereocenters. The summed E-state index contributed by atoms with van der Waals surface area (Å²) >= 11 is 0. The van der Waals surface area contributed by atoms with Gasteiger partial charge in [0.2, 0.25) is 0 Å². The fourth-order valence-corrected chi connectivity index (χ4v) is 4.27. The van der Waals surface area contributed by atoms with Gasteiger partial charge in [-0.15, -0.1) is 0 Å². The largest absolute Gasteiger partial charge is 0.496 e. The topological polar surface area (TPSA) is 73.6 Å². The van der Waals surface area contributed by atoms with E-state index in [2.05, 4.69) is 6.58 Å². The average Bonchev–Trinajstić information content (AvgIpc) is 3.07. The Labute approximate surface area is 161 Å². The molecule has 1 aromatic carbocycles. The van der Waals surface area contributed by atoms with E-state index in [0.717, 1.165) is 27.9 Å². The van der Waals surface area contributed by atoms with Crippen molar-refractivity contribution in [2.45, 2.75) is 32.1 Å². The van der Waals surface area contributed by atoms with E-state index in [1.807, 2.05) is 37.3 Å². The van der Waals surface area contributed by atoms with E-state index in [-0.39, 0.29) is 17.9 Å². The highest BCUT2D eigenvalue weighted by molar-refractivity contribution is 5.89. The minimum atomic E-state index is -1.37. The van der Waals surface area contributed by atoms with E-state index in [9.17, 15) is 9.90 Å². The first kappa shape index (κ1) is 17.0. The molecule has 0 saturated carbocycles. The summed E-state index contributed by atoms with van der Waals surface area (Å²) in [6.07, 6.45) is 0.372. The van der Waals surface area contributed by atoms with Crippen molar-refractivity contribution in [1.29, 1.82) is 0 Å². The molecular formula is C22H20N2O4. The predicted molar refractivity (Wildman–Crippen MR) is 105 cm³/mol. The first-order chi connectivity index (χ1) is 13.5. The van der Waals surface area contributed by atoms with Crippen LogP contribution in [-0.4, -0.2) is 21.8 Å². The number of hydrogen-bond donors (Lipinski definition) is 1. The molecule has 0 bridgehead atoms. The van der Waals surface area contributed by atoms with Gasteiger partial charge in [-0.3, -0.25) is 4.79 Å². The minimum Gasteiger partial charge on any atom is -0.496 e. The van der Waals surface area contributed by atoms with Crippen LogP contribution in [0.5, 0.6) is 5.75 Å². The van der Waals surface area contributed by atoms with E-state index in [0.29, 0.717) is 29.8 Å². The average molecular weight is 376 g/mol. The molecule has 4 heterocycles. The van der Waals surface area contributed by atoms with Crippen LogP contribution in [0.4, 0.5) is 0 Å². The number of methoxy groups -OCH3 is 1. The highest BCUT2D eigenvalue weighted by Gasteiger charge is 2.41. The second-order valence-corrected chi connectivity index (χ2v) is 7.26. The van der Waals surface area contributed by atoms with Crippen molar-refractivity contribution in [3.8, 4) is 17.1 Å². The number of aliphatic hydroxyl groups is 1. The molecular weight excluding hydrogens is 356 g/mol. The number of nitrogens with zero attached hydrogens (tertiary/aromatic N) is 2. The molecule has 2 aliphatic rings. The molecule has 0 fully saturated rings. The molecule has 28 heavy (non-hydrogen) atoms. The van der Waals surface area contributed by atoms with Crippen LogP contribution in [0, 0.1) is 0 Å². The Morgan fingerprint density at radius 2 is 2.21 bits per heavy atom. The van der Waals surface area contributed by atoms with Crippen LogP contribution < -0.4 is 10.3 Å². The van der Waals surface area contributed by atoms with Crippen LogP contribution in [0.25, 0.3) is 22.3 Å². The van der Waals surface area contributed by atoms with Crippen LogP contribution in [0.1, 0.15) is 30.0 Å². The van der Waals surface area contributed by atoms with E-state index in [1.165, 1.54) is 0 Å². The Hall–Kier alpha value is -3.12. The maximum absolute atomic E-state index is 13.2. The summed E-state index contributed by atoms with van der Waals surface area (Å²) in [6, 6.07) is 9.62. The Balaban J connectivity index is 1.79. The van der Waals surface area contributed by atoms with Gasteiger partial charge in [0.25, 0.3) is 5.56 Å². The van der Waals surface area contributed by atoms with Crippen molar-refractivity contribution >= 4 is 10.9 Å². The lowest BCUT2D eigenvalue weighted by Gasteiger charge is -2.35. The number of pyridine rings is 2. The quantitative estimate of drug-likeness (QED) is 0.582. The molecule has 2 aliphatic heterocycles. The van der Waals surface area contributed by atoms with Gasteiger partial charge >= 0.3 is 0 Å². The smallest absolute Gasteiger partial charge is 0.258 e. The molecule has 0 radical (unpaired) electrons. The lowest BCUT2D eigenvalue weighted by atomic mass is 9.84. The van der Waals surface area contributed by atoms with Crippen molar-refractivity contribution in [2.24, 2.45) is 0 Å². The number of benzene rings is 1. The Morgan fingerprint density at radius 1 is 1.39 bits per heavy atom. The summed E-state index contributed by atoms with van der Waals surface area (Å²) in [4.78, 5) is 18.0. The third kappa shape index (κ3) is 2.06. The Morgan fingerprint density at radius 3 is 2.96 bits per heavy atom. The standard InChI is InChI=1S/C22H20N2O4/c1-4-22(26)12(2)28-11-15-16(22)9-18-20-13(10-24(18)21(15)25)8-14-17(23-20)6-5-7-19(14)27-3/h5-9,26H,2,4,10-11H2,1,3H3/t22-/m1/s1. The summed E-state index contributed by atoms with van der Waals surface area (Å²) in [6.45, 7) is 6.26. The minimum absolute atomic E-state index is 0.120. The van der Waals surface area contributed by atoms with Gasteiger partial charge in [0.05, 0.1) is 36.1 Å². The monoisotopic (exact) mass is 376 g/mol. The summed E-state index contributed by atoms with van der Waals surface area (Å²) in [7, 11) is 1.63. The van der Waals surface area contributed by atoms with Gasteiger partial charge in [-0.25, -0.2) is 4.98 Å². The lowest BCUT2D eigenvalue weighted by Crippen LogP contribution is -2.38. The van der Waals surface area contributed by atoms with Crippen LogP contribution in [0.3, 0.4) is 0 Å². The molecule has 6 heteroatoms. The van der Waals surface area contributed by atoms with Crippen molar-refractivity contribution in [3.63, 3.8) is 0 Å². The zero-order valence-corrected chi connectivity index (χ0v) is 15.8. The van der Waals surface area contributed by atoms with Crippen LogP contribution in [0.2, 0.25) is 0 Å². The van der Waals surface area contributed by atoms with Crippen LogP contribution in [-0.2, 0) is 23.5 Å². The Bertz CT molecular complexity index is 1230. The lowest BCUT2D eigenvalue weighted by molar-refractivity contribution is -0.0172. The molecule has 0 saturated heterocycles. The van der Waals surface area contributed by atoms with Crippen molar-refractivity contribution in [1.82, 2.24) is 9.55 Å². The summed E-state index contributed by atoms with van der Waals surface area (Å²) in [5, 5.41) is 12.0. The highest BCUT2D eigenvalue weighted by atomic mass is 16.5. The molecule has 0 aliphatic carbocycles. The highest BCUT2D eigenvalue weighted by Crippen LogP contribution is 2.42. The third-order valence-electron chi connectivity index (χ3n) is 5.90. The molecule has 0 unspecified atom stereocenters. The number of fused-ring (bicyclic) bond motifs is 5. The number of hydrogen-bond acceptors (Lipinski definition) is 5. The van der Waals surface area contributed by atoms with Gasteiger partial charge in [0, 0.05) is 16.5 Å². The van der Waals surface area contributed by atoms with Gasteiger partial charge in [0.1, 0.15) is 23.7 Å². The van der Waals surface area contributed by atoms with Crippen LogP contribution in [0.15, 0.2) is 47.5 Å². The first-order valence-electron chi connectivity index (χ1n) is 9.26. The maximum Gasteiger partial charge on any atom is 0.258 e. The van der Waals surface area contributed by atoms with Gasteiger partial charge in [-0.05, 0) is 30.7 Å². The third-order valence-corrected chi connectivity index (χ3v) is 5.90. The maximum atomic E-state index is 13.2. The summed E-state index contributed by atoms with van der Waals surface area (Å²) < 4.78 is 12.7. The zero-order chi connectivity index (χ0) is 19.6. The Kier molecular flexibility index (Phi) is 3.46.